The third-order valence-electron chi connectivity index (χ3n) is 5.68. The summed E-state index contributed by atoms with van der Waals surface area (Å²) < 4.78 is 10.4. The molecule has 3 aromatic rings. The van der Waals surface area contributed by atoms with Gasteiger partial charge in [-0.1, -0.05) is 41.4 Å². The number of carbonyl (C=O) groups excluding carboxylic acids is 3. The Balaban J connectivity index is 1.94. The first-order valence-electron chi connectivity index (χ1n) is 10.9. The van der Waals surface area contributed by atoms with Crippen molar-refractivity contribution >= 4 is 52.3 Å². The van der Waals surface area contributed by atoms with Gasteiger partial charge >= 0.3 is 5.97 Å². The van der Waals surface area contributed by atoms with Crippen LogP contribution in [-0.4, -0.2) is 36.5 Å². The Kier molecular flexibility index (Phi) is 7.33. The van der Waals surface area contributed by atoms with Crippen LogP contribution in [0.5, 0.6) is 5.75 Å². The van der Waals surface area contributed by atoms with Crippen LogP contribution >= 0.6 is 23.2 Å². The lowest BCUT2D eigenvalue weighted by molar-refractivity contribution is -0.132. The number of Topliss-reactive ketones (excluding diaryl/α,β-unsaturated/α-hetero) is 1. The number of aliphatic hydroxyl groups excluding tert-OH is 1. The van der Waals surface area contributed by atoms with E-state index in [0.29, 0.717) is 11.3 Å². The Labute approximate surface area is 217 Å². The Bertz CT molecular complexity index is 1400. The lowest BCUT2D eigenvalue weighted by Gasteiger charge is -2.26. The minimum Gasteiger partial charge on any atom is -0.507 e. The van der Waals surface area contributed by atoms with Crippen molar-refractivity contribution in [3.05, 3.63) is 99.0 Å². The van der Waals surface area contributed by atoms with Gasteiger partial charge in [-0.2, -0.15) is 0 Å². The molecule has 4 rings (SSSR count). The first-order chi connectivity index (χ1) is 17.3. The average Bonchev–Trinajstić information content (AvgIpc) is 3.15. The van der Waals surface area contributed by atoms with Crippen LogP contribution in [0.3, 0.4) is 0 Å². The van der Waals surface area contributed by atoms with Crippen molar-refractivity contribution in [1.82, 2.24) is 0 Å². The van der Waals surface area contributed by atoms with Gasteiger partial charge in [0.25, 0.3) is 11.7 Å². The number of halogens is 2. The molecule has 0 radical (unpaired) electrons. The number of esters is 1. The molecular formula is C27H21Cl2NO6. The van der Waals surface area contributed by atoms with Crippen molar-refractivity contribution in [2.24, 2.45) is 0 Å². The zero-order valence-corrected chi connectivity index (χ0v) is 20.8. The minimum absolute atomic E-state index is 0.145. The van der Waals surface area contributed by atoms with Gasteiger partial charge in [0.2, 0.25) is 0 Å². The fourth-order valence-corrected chi connectivity index (χ4v) is 4.32. The van der Waals surface area contributed by atoms with E-state index in [-0.39, 0.29) is 39.0 Å². The van der Waals surface area contributed by atoms with Gasteiger partial charge in [-0.3, -0.25) is 14.5 Å². The largest absolute Gasteiger partial charge is 0.507 e. The lowest BCUT2D eigenvalue weighted by Crippen LogP contribution is -2.29. The van der Waals surface area contributed by atoms with Crippen LogP contribution in [0.15, 0.2) is 72.3 Å². The highest BCUT2D eigenvalue weighted by molar-refractivity contribution is 6.52. The molecule has 1 saturated heterocycles. The van der Waals surface area contributed by atoms with Crippen molar-refractivity contribution in [3.8, 4) is 5.75 Å². The lowest BCUT2D eigenvalue weighted by atomic mass is 9.95. The van der Waals surface area contributed by atoms with Crippen molar-refractivity contribution < 1.29 is 29.0 Å². The predicted octanol–water partition coefficient (Wildman–Crippen LogP) is 5.81. The molecule has 7 nitrogen and oxygen atoms in total. The molecule has 1 aliphatic rings. The fraction of sp³-hybridized carbons (Fsp3) is 0.148. The second kappa shape index (κ2) is 10.4. The SMILES string of the molecule is CCOC(=O)c1cccc(N2C(=O)C(=O)/C(=C(/O)c3ccc(Cl)c(Cl)c3)C2c2cccc(OC)c2)c1. The van der Waals surface area contributed by atoms with Crippen molar-refractivity contribution in [2.75, 3.05) is 18.6 Å². The molecule has 1 aliphatic heterocycles. The number of ether oxygens (including phenoxy) is 2. The molecule has 1 atom stereocenters. The molecular weight excluding hydrogens is 505 g/mol. The summed E-state index contributed by atoms with van der Waals surface area (Å²) in [6, 6.07) is 16.4. The molecule has 1 unspecified atom stereocenters. The summed E-state index contributed by atoms with van der Waals surface area (Å²) in [5, 5.41) is 11.7. The second-order valence-electron chi connectivity index (χ2n) is 7.85. The van der Waals surface area contributed by atoms with Gasteiger partial charge in [0.15, 0.2) is 0 Å². The van der Waals surface area contributed by atoms with Crippen LogP contribution in [0.1, 0.15) is 34.5 Å². The molecule has 1 heterocycles. The molecule has 184 valence electrons. The third kappa shape index (κ3) is 4.67. The minimum atomic E-state index is -1.02. The molecule has 36 heavy (non-hydrogen) atoms. The van der Waals surface area contributed by atoms with Crippen LogP contribution in [0.2, 0.25) is 10.0 Å². The monoisotopic (exact) mass is 525 g/mol. The second-order valence-corrected chi connectivity index (χ2v) is 8.66. The van der Waals surface area contributed by atoms with E-state index in [0.717, 1.165) is 0 Å². The van der Waals surface area contributed by atoms with E-state index in [1.165, 1.54) is 36.3 Å². The number of benzene rings is 3. The molecule has 1 amide bonds. The number of nitrogens with zero attached hydrogens (tertiary/aromatic N) is 1. The number of hydrogen-bond acceptors (Lipinski definition) is 6. The van der Waals surface area contributed by atoms with E-state index in [2.05, 4.69) is 0 Å². The summed E-state index contributed by atoms with van der Waals surface area (Å²) in [5.41, 5.74) is 1.08. The Morgan fingerprint density at radius 1 is 0.972 bits per heavy atom. The molecule has 1 N–H and O–H groups in total. The number of aliphatic hydroxyl groups is 1. The smallest absolute Gasteiger partial charge is 0.338 e. The average molecular weight is 526 g/mol. The number of hydrogen-bond donors (Lipinski definition) is 1. The normalized spacial score (nSPS) is 16.8. The molecule has 0 aliphatic carbocycles. The third-order valence-corrected chi connectivity index (χ3v) is 6.42. The van der Waals surface area contributed by atoms with Gasteiger partial charge < -0.3 is 14.6 Å². The van der Waals surface area contributed by atoms with Crippen LogP contribution < -0.4 is 9.64 Å². The molecule has 0 spiro atoms. The Morgan fingerprint density at radius 3 is 2.42 bits per heavy atom. The molecule has 9 heteroatoms. The Hall–Kier alpha value is -3.81. The number of rotatable bonds is 6. The molecule has 0 saturated carbocycles. The maximum absolute atomic E-state index is 13.4. The van der Waals surface area contributed by atoms with Gasteiger partial charge in [-0.25, -0.2) is 4.79 Å². The number of carbonyl (C=O) groups is 3. The first-order valence-corrected chi connectivity index (χ1v) is 11.7. The van der Waals surface area contributed by atoms with Gasteiger partial charge in [0.1, 0.15) is 11.5 Å². The van der Waals surface area contributed by atoms with Crippen molar-refractivity contribution in [2.45, 2.75) is 13.0 Å². The molecule has 3 aromatic carbocycles. The maximum atomic E-state index is 13.4. The van der Waals surface area contributed by atoms with E-state index in [4.69, 9.17) is 32.7 Å². The molecule has 1 fully saturated rings. The summed E-state index contributed by atoms with van der Waals surface area (Å²) in [6.45, 7) is 1.87. The van der Waals surface area contributed by atoms with E-state index in [9.17, 15) is 19.5 Å². The van der Waals surface area contributed by atoms with E-state index in [1.54, 1.807) is 49.4 Å². The van der Waals surface area contributed by atoms with E-state index in [1.807, 2.05) is 0 Å². The Morgan fingerprint density at radius 2 is 1.72 bits per heavy atom. The number of amides is 1. The quantitative estimate of drug-likeness (QED) is 0.189. The van der Waals surface area contributed by atoms with Crippen LogP contribution in [0.4, 0.5) is 5.69 Å². The van der Waals surface area contributed by atoms with Crippen LogP contribution in [0.25, 0.3) is 5.76 Å². The summed E-state index contributed by atoms with van der Waals surface area (Å²) >= 11 is 12.1. The molecule has 0 aromatic heterocycles. The standard InChI is InChI=1S/C27H21Cl2NO6/c1-3-36-27(34)17-7-4-8-18(12-17)30-23(15-6-5-9-19(13-15)35-2)22(25(32)26(30)33)24(31)16-10-11-20(28)21(29)14-16/h4-14,23,31H,3H2,1-2H3/b24-22+. The first kappa shape index (κ1) is 25.3. The number of anilines is 1. The predicted molar refractivity (Wildman–Crippen MR) is 137 cm³/mol. The van der Waals surface area contributed by atoms with Gasteiger partial charge in [0.05, 0.1) is 40.9 Å². The summed E-state index contributed by atoms with van der Waals surface area (Å²) in [5.74, 6) is -2.25. The zero-order valence-electron chi connectivity index (χ0n) is 19.3. The highest BCUT2D eigenvalue weighted by Gasteiger charge is 2.47. The molecule has 0 bridgehead atoms. The summed E-state index contributed by atoms with van der Waals surface area (Å²) in [6.07, 6.45) is 0. The summed E-state index contributed by atoms with van der Waals surface area (Å²) in [4.78, 5) is 40.2. The van der Waals surface area contributed by atoms with Crippen LogP contribution in [-0.2, 0) is 14.3 Å². The topological polar surface area (TPSA) is 93.1 Å². The van der Waals surface area contributed by atoms with Gasteiger partial charge in [-0.05, 0) is 61.0 Å². The maximum Gasteiger partial charge on any atom is 0.338 e. The van der Waals surface area contributed by atoms with Crippen molar-refractivity contribution in [1.29, 1.82) is 0 Å². The van der Waals surface area contributed by atoms with Gasteiger partial charge in [0, 0.05) is 11.3 Å². The van der Waals surface area contributed by atoms with Crippen molar-refractivity contribution in [3.63, 3.8) is 0 Å². The van der Waals surface area contributed by atoms with E-state index < -0.39 is 29.5 Å². The fourth-order valence-electron chi connectivity index (χ4n) is 4.02. The highest BCUT2D eigenvalue weighted by Crippen LogP contribution is 2.43. The zero-order chi connectivity index (χ0) is 26.0. The van der Waals surface area contributed by atoms with Crippen LogP contribution in [0, 0.1) is 0 Å². The number of methoxy groups -OCH3 is 1. The highest BCUT2D eigenvalue weighted by atomic mass is 35.5. The van der Waals surface area contributed by atoms with E-state index >= 15 is 0 Å². The number of ketones is 1. The summed E-state index contributed by atoms with van der Waals surface area (Å²) in [7, 11) is 1.49. The van der Waals surface area contributed by atoms with Gasteiger partial charge in [-0.15, -0.1) is 0 Å².